The van der Waals surface area contributed by atoms with Crippen LogP contribution in [0.25, 0.3) is 0 Å². The summed E-state index contributed by atoms with van der Waals surface area (Å²) in [6, 6.07) is 3.41. The van der Waals surface area contributed by atoms with Crippen molar-refractivity contribution in [2.24, 2.45) is 5.41 Å². The van der Waals surface area contributed by atoms with E-state index in [4.69, 9.17) is 0 Å². The number of carbonyl (C=O) groups excluding carboxylic acids is 2. The van der Waals surface area contributed by atoms with E-state index in [2.05, 4.69) is 56.3 Å². The highest BCUT2D eigenvalue weighted by molar-refractivity contribution is 5.91. The number of hydrogen-bond donors (Lipinski definition) is 2. The van der Waals surface area contributed by atoms with Gasteiger partial charge in [-0.1, -0.05) is 47.1 Å². The van der Waals surface area contributed by atoms with Crippen molar-refractivity contribution in [3.8, 4) is 0 Å². The van der Waals surface area contributed by atoms with Crippen molar-refractivity contribution in [2.45, 2.75) is 85.7 Å². The number of aryl methyl sites for hydroxylation is 2. The van der Waals surface area contributed by atoms with Crippen LogP contribution in [0.5, 0.6) is 0 Å². The van der Waals surface area contributed by atoms with Crippen molar-refractivity contribution in [2.75, 3.05) is 25.0 Å². The molecule has 1 aliphatic carbocycles. The molecule has 0 bridgehead atoms. The van der Waals surface area contributed by atoms with Gasteiger partial charge in [-0.25, -0.2) is 9.37 Å². The number of fused-ring (bicyclic) bond motifs is 1. The minimum absolute atomic E-state index is 0.0523. The van der Waals surface area contributed by atoms with Gasteiger partial charge in [0.25, 0.3) is 0 Å². The smallest absolute Gasteiger partial charge is 0.245 e. The predicted molar refractivity (Wildman–Crippen MR) is 141 cm³/mol. The van der Waals surface area contributed by atoms with Crippen molar-refractivity contribution in [3.63, 3.8) is 0 Å². The number of carbonyl (C=O) groups is 2. The van der Waals surface area contributed by atoms with Crippen LogP contribution in [0.1, 0.15) is 76.6 Å². The fourth-order valence-electron chi connectivity index (χ4n) is 4.87. The molecule has 2 aromatic rings. The molecular weight excluding hydrogens is 457 g/mol. The minimum atomic E-state index is -0.274. The van der Waals surface area contributed by atoms with Crippen LogP contribution in [0.15, 0.2) is 24.7 Å². The van der Waals surface area contributed by atoms with Crippen molar-refractivity contribution in [1.29, 1.82) is 0 Å². The van der Waals surface area contributed by atoms with Crippen LogP contribution in [0.3, 0.4) is 0 Å². The van der Waals surface area contributed by atoms with Gasteiger partial charge in [-0.05, 0) is 60.8 Å². The molecule has 2 aliphatic rings. The maximum atomic E-state index is 14.3. The highest BCUT2D eigenvalue weighted by Gasteiger charge is 2.34. The zero-order chi connectivity index (χ0) is 26.5. The number of benzene rings is 1. The Morgan fingerprint density at radius 1 is 1.22 bits per heavy atom. The summed E-state index contributed by atoms with van der Waals surface area (Å²) in [5.41, 5.74) is 2.82. The third kappa shape index (κ3) is 7.38. The average molecular weight is 500 g/mol. The number of likely N-dealkylation sites (tertiary alicyclic amines) is 1. The fourth-order valence-corrected chi connectivity index (χ4v) is 4.87. The summed E-state index contributed by atoms with van der Waals surface area (Å²) in [7, 11) is 0. The molecule has 2 amide bonds. The van der Waals surface area contributed by atoms with Crippen molar-refractivity contribution in [1.82, 2.24) is 19.8 Å². The van der Waals surface area contributed by atoms with Gasteiger partial charge in [0, 0.05) is 25.3 Å². The Bertz CT molecular complexity index is 1060. The summed E-state index contributed by atoms with van der Waals surface area (Å²) in [5.74, 6) is 0.165. The Morgan fingerprint density at radius 3 is 2.64 bits per heavy atom. The van der Waals surface area contributed by atoms with Crippen LogP contribution >= 0.6 is 0 Å². The van der Waals surface area contributed by atoms with E-state index in [1.165, 1.54) is 6.42 Å². The van der Waals surface area contributed by atoms with E-state index in [1.54, 1.807) is 23.2 Å². The zero-order valence-corrected chi connectivity index (χ0v) is 22.7. The summed E-state index contributed by atoms with van der Waals surface area (Å²) in [5, 5.41) is 6.04. The second kappa shape index (κ2) is 12.0. The second-order valence-electron chi connectivity index (χ2n) is 11.3. The minimum Gasteiger partial charge on any atom is -0.340 e. The maximum Gasteiger partial charge on any atom is 0.245 e. The van der Waals surface area contributed by atoms with Crippen LogP contribution in [-0.2, 0) is 22.4 Å². The Morgan fingerprint density at radius 2 is 1.94 bits per heavy atom. The molecule has 1 aromatic carbocycles. The maximum absolute atomic E-state index is 14.3. The lowest BCUT2D eigenvalue weighted by atomic mass is 9.87. The molecule has 2 unspecified atom stereocenters. The lowest BCUT2D eigenvalue weighted by Crippen LogP contribution is -2.39. The van der Waals surface area contributed by atoms with Gasteiger partial charge in [-0.2, -0.15) is 0 Å². The van der Waals surface area contributed by atoms with E-state index in [-0.39, 0.29) is 41.7 Å². The largest absolute Gasteiger partial charge is 0.340 e. The molecule has 1 saturated heterocycles. The first kappa shape index (κ1) is 27.8. The lowest BCUT2D eigenvalue weighted by Gasteiger charge is -2.26. The Hall–Kier alpha value is -2.74. The number of aromatic nitrogens is 2. The van der Waals surface area contributed by atoms with E-state index in [1.807, 2.05) is 11.8 Å². The summed E-state index contributed by atoms with van der Waals surface area (Å²) in [4.78, 5) is 31.4. The van der Waals surface area contributed by atoms with Gasteiger partial charge in [-0.15, -0.1) is 0 Å². The predicted octanol–water partition coefficient (Wildman–Crippen LogP) is 4.65. The number of hydrogen-bond acceptors (Lipinski definition) is 4. The summed E-state index contributed by atoms with van der Waals surface area (Å²) >= 11 is 0. The molecule has 0 radical (unpaired) electrons. The molecule has 2 N–H and O–H groups in total. The molecule has 7 nitrogen and oxygen atoms in total. The summed E-state index contributed by atoms with van der Waals surface area (Å²) in [6.45, 7) is 14.1. The van der Waals surface area contributed by atoms with Gasteiger partial charge in [0.15, 0.2) is 5.82 Å². The SMILES string of the molecule is CCC.Cc1cc(F)c2c(c1)CCC(NCC(=O)Nc1cn(C3CCN(CC(C)(C)C)C3=O)cn1)C2. The van der Waals surface area contributed by atoms with Gasteiger partial charge in [0.2, 0.25) is 11.8 Å². The molecule has 0 spiro atoms. The fraction of sp³-hybridized carbons (Fsp3) is 0.607. The number of amides is 2. The third-order valence-electron chi connectivity index (χ3n) is 6.36. The molecule has 1 fully saturated rings. The van der Waals surface area contributed by atoms with Crippen LogP contribution in [0.2, 0.25) is 0 Å². The molecule has 2 atom stereocenters. The number of imidazole rings is 1. The molecule has 0 saturated carbocycles. The number of rotatable bonds is 6. The van der Waals surface area contributed by atoms with Crippen molar-refractivity contribution in [3.05, 3.63) is 47.2 Å². The van der Waals surface area contributed by atoms with Crippen molar-refractivity contribution >= 4 is 17.6 Å². The van der Waals surface area contributed by atoms with Gasteiger partial charge < -0.3 is 20.1 Å². The number of halogens is 1. The number of nitrogens with zero attached hydrogens (tertiary/aromatic N) is 3. The topological polar surface area (TPSA) is 79.3 Å². The van der Waals surface area contributed by atoms with Gasteiger partial charge in [-0.3, -0.25) is 9.59 Å². The highest BCUT2D eigenvalue weighted by atomic mass is 19.1. The first-order valence-electron chi connectivity index (χ1n) is 13.1. The van der Waals surface area contributed by atoms with Crippen LogP contribution in [0, 0.1) is 18.2 Å². The van der Waals surface area contributed by atoms with Crippen LogP contribution < -0.4 is 10.6 Å². The molecule has 4 rings (SSSR count). The number of nitrogens with one attached hydrogen (secondary N) is 2. The normalized spacial score (nSPS) is 19.5. The molecular formula is C28H42FN5O2. The molecule has 2 heterocycles. The van der Waals surface area contributed by atoms with Crippen molar-refractivity contribution < 1.29 is 14.0 Å². The van der Waals surface area contributed by atoms with Crippen LogP contribution in [-0.4, -0.2) is 51.9 Å². The van der Waals surface area contributed by atoms with Crippen LogP contribution in [0.4, 0.5) is 10.2 Å². The van der Waals surface area contributed by atoms with Gasteiger partial charge >= 0.3 is 0 Å². The molecule has 8 heteroatoms. The lowest BCUT2D eigenvalue weighted by molar-refractivity contribution is -0.131. The van der Waals surface area contributed by atoms with Gasteiger partial charge in [0.05, 0.1) is 12.9 Å². The summed E-state index contributed by atoms with van der Waals surface area (Å²) < 4.78 is 16.1. The molecule has 36 heavy (non-hydrogen) atoms. The average Bonchev–Trinajstić information content (AvgIpc) is 3.38. The Kier molecular flexibility index (Phi) is 9.28. The quantitative estimate of drug-likeness (QED) is 0.606. The monoisotopic (exact) mass is 499 g/mol. The first-order chi connectivity index (χ1) is 17.0. The van der Waals surface area contributed by atoms with E-state index in [0.29, 0.717) is 12.2 Å². The Labute approximate surface area is 214 Å². The third-order valence-corrected chi connectivity index (χ3v) is 6.36. The highest BCUT2D eigenvalue weighted by Crippen LogP contribution is 2.28. The molecule has 198 valence electrons. The first-order valence-corrected chi connectivity index (χ1v) is 13.1. The van der Waals surface area contributed by atoms with E-state index < -0.39 is 0 Å². The van der Waals surface area contributed by atoms with E-state index in [0.717, 1.165) is 49.0 Å². The van der Waals surface area contributed by atoms with Gasteiger partial charge in [0.1, 0.15) is 11.9 Å². The second-order valence-corrected chi connectivity index (χ2v) is 11.3. The van der Waals surface area contributed by atoms with E-state index >= 15 is 0 Å². The van der Waals surface area contributed by atoms with E-state index in [9.17, 15) is 14.0 Å². The zero-order valence-electron chi connectivity index (χ0n) is 22.7. The molecule has 1 aromatic heterocycles. The standard InChI is InChI=1S/C25H34FN5O2.C3H8/c1-16-9-17-5-6-18(11-19(17)20(26)10-16)27-12-23(32)29-22-13-31(15-28-22)21-7-8-30(24(21)33)14-25(2,3)4;1-3-2/h9-10,13,15,18,21,27H,5-8,11-12,14H2,1-4H3,(H,29,32);3H2,1-2H3. The number of anilines is 1. The summed E-state index contributed by atoms with van der Waals surface area (Å²) in [6.07, 6.45) is 7.56. The molecule has 1 aliphatic heterocycles. The Balaban J connectivity index is 0.00000115.